The number of hydrogen-bond acceptors (Lipinski definition) is 4. The van der Waals surface area contributed by atoms with Gasteiger partial charge in [0.2, 0.25) is 0 Å². The van der Waals surface area contributed by atoms with E-state index >= 15 is 0 Å². The smallest absolute Gasteiger partial charge is 0.199 e. The average Bonchev–Trinajstić information content (AvgIpc) is 2.27. The van der Waals surface area contributed by atoms with Crippen molar-refractivity contribution in [3.05, 3.63) is 39.7 Å². The van der Waals surface area contributed by atoms with E-state index in [0.717, 1.165) is 0 Å². The molecular weight excluding hydrogens is 297 g/mol. The Balaban J connectivity index is 2.36. The number of hydrogen-bond donors (Lipinski definition) is 1. The summed E-state index contributed by atoms with van der Waals surface area (Å²) in [5.41, 5.74) is 0.681. The van der Waals surface area contributed by atoms with Crippen molar-refractivity contribution in [2.75, 3.05) is 12.4 Å². The fraction of sp³-hybridized carbons (Fsp3) is 0.0909. The molecule has 0 aliphatic carbocycles. The second-order valence-electron chi connectivity index (χ2n) is 3.33. The summed E-state index contributed by atoms with van der Waals surface area (Å²) < 4.78 is 5.12. The van der Waals surface area contributed by atoms with Crippen LogP contribution in [0, 0.1) is 0 Å². The van der Waals surface area contributed by atoms with Gasteiger partial charge in [0.25, 0.3) is 0 Å². The highest BCUT2D eigenvalue weighted by atomic mass is 35.5. The number of anilines is 2. The van der Waals surface area contributed by atoms with Crippen LogP contribution in [0.4, 0.5) is 11.5 Å². The Kier molecular flexibility index (Phi) is 4.11. The third kappa shape index (κ3) is 2.96. The standard InChI is InChI=1S/C11H8Cl3N3O/c1-18-9-10(14)15-5-16-11(9)17-8-3-6(12)2-7(13)4-8/h2-5H,1H3,(H,15,16,17). The van der Waals surface area contributed by atoms with Crippen LogP contribution in [0.25, 0.3) is 0 Å². The summed E-state index contributed by atoms with van der Waals surface area (Å²) in [6.45, 7) is 0. The fourth-order valence-corrected chi connectivity index (χ4v) is 2.12. The molecular formula is C11H8Cl3N3O. The second-order valence-corrected chi connectivity index (χ2v) is 4.56. The molecule has 0 atom stereocenters. The van der Waals surface area contributed by atoms with Gasteiger partial charge in [-0.2, -0.15) is 0 Å². The molecule has 0 bridgehead atoms. The zero-order valence-electron chi connectivity index (χ0n) is 9.25. The Morgan fingerprint density at radius 1 is 1.06 bits per heavy atom. The highest BCUT2D eigenvalue weighted by Gasteiger charge is 2.10. The zero-order valence-corrected chi connectivity index (χ0v) is 11.5. The molecule has 1 heterocycles. The highest BCUT2D eigenvalue weighted by Crippen LogP contribution is 2.32. The summed E-state index contributed by atoms with van der Waals surface area (Å²) in [7, 11) is 1.49. The van der Waals surface area contributed by atoms with Crippen LogP contribution in [0.1, 0.15) is 0 Å². The Morgan fingerprint density at radius 3 is 2.33 bits per heavy atom. The molecule has 94 valence electrons. The molecule has 0 aliphatic rings. The number of aromatic nitrogens is 2. The van der Waals surface area contributed by atoms with Gasteiger partial charge in [0, 0.05) is 15.7 Å². The molecule has 0 spiro atoms. The van der Waals surface area contributed by atoms with Crippen LogP contribution >= 0.6 is 34.8 Å². The Bertz CT molecular complexity index is 557. The average molecular weight is 305 g/mol. The number of benzene rings is 1. The molecule has 1 N–H and O–H groups in total. The number of methoxy groups -OCH3 is 1. The molecule has 18 heavy (non-hydrogen) atoms. The molecule has 0 radical (unpaired) electrons. The molecule has 4 nitrogen and oxygen atoms in total. The van der Waals surface area contributed by atoms with Gasteiger partial charge in [0.1, 0.15) is 6.33 Å². The van der Waals surface area contributed by atoms with Crippen molar-refractivity contribution in [2.45, 2.75) is 0 Å². The molecule has 7 heteroatoms. The predicted molar refractivity (Wildman–Crippen MR) is 73.3 cm³/mol. The highest BCUT2D eigenvalue weighted by molar-refractivity contribution is 6.35. The molecule has 1 aromatic heterocycles. The molecule has 0 amide bonds. The summed E-state index contributed by atoms with van der Waals surface area (Å²) in [5.74, 6) is 0.797. The van der Waals surface area contributed by atoms with Gasteiger partial charge in [-0.25, -0.2) is 9.97 Å². The maximum Gasteiger partial charge on any atom is 0.199 e. The molecule has 2 aromatic rings. The predicted octanol–water partition coefficient (Wildman–Crippen LogP) is 4.19. The van der Waals surface area contributed by atoms with Gasteiger partial charge >= 0.3 is 0 Å². The number of ether oxygens (including phenoxy) is 1. The van der Waals surface area contributed by atoms with E-state index in [9.17, 15) is 0 Å². The minimum Gasteiger partial charge on any atom is -0.490 e. The molecule has 1 aromatic carbocycles. The number of halogens is 3. The van der Waals surface area contributed by atoms with Crippen molar-refractivity contribution >= 4 is 46.3 Å². The van der Waals surface area contributed by atoms with Gasteiger partial charge in [0.15, 0.2) is 16.7 Å². The van der Waals surface area contributed by atoms with Gasteiger partial charge in [-0.3, -0.25) is 0 Å². The van der Waals surface area contributed by atoms with E-state index in [0.29, 0.717) is 27.3 Å². The number of rotatable bonds is 3. The first kappa shape index (κ1) is 13.2. The van der Waals surface area contributed by atoms with Crippen LogP contribution in [-0.4, -0.2) is 17.1 Å². The zero-order chi connectivity index (χ0) is 13.1. The Morgan fingerprint density at radius 2 is 1.72 bits per heavy atom. The lowest BCUT2D eigenvalue weighted by Crippen LogP contribution is -1.99. The van der Waals surface area contributed by atoms with Gasteiger partial charge in [-0.15, -0.1) is 0 Å². The van der Waals surface area contributed by atoms with Crippen molar-refractivity contribution in [3.8, 4) is 5.75 Å². The second kappa shape index (κ2) is 5.61. The van der Waals surface area contributed by atoms with E-state index in [-0.39, 0.29) is 5.15 Å². The Labute approximate surface area is 119 Å². The molecule has 0 saturated heterocycles. The van der Waals surface area contributed by atoms with Crippen molar-refractivity contribution in [1.82, 2.24) is 9.97 Å². The van der Waals surface area contributed by atoms with E-state index in [1.54, 1.807) is 18.2 Å². The van der Waals surface area contributed by atoms with Gasteiger partial charge in [0.05, 0.1) is 7.11 Å². The van der Waals surface area contributed by atoms with E-state index in [1.807, 2.05) is 0 Å². The molecule has 0 fully saturated rings. The summed E-state index contributed by atoms with van der Waals surface area (Å²) >= 11 is 17.7. The lowest BCUT2D eigenvalue weighted by atomic mass is 10.3. The number of nitrogens with zero attached hydrogens (tertiary/aromatic N) is 2. The third-order valence-electron chi connectivity index (χ3n) is 2.09. The van der Waals surface area contributed by atoms with Crippen LogP contribution in [0.2, 0.25) is 15.2 Å². The quantitative estimate of drug-likeness (QED) is 0.864. The summed E-state index contributed by atoms with van der Waals surface area (Å²) in [5, 5.41) is 4.28. The summed E-state index contributed by atoms with van der Waals surface area (Å²) in [6.07, 6.45) is 1.33. The van der Waals surface area contributed by atoms with Crippen molar-refractivity contribution < 1.29 is 4.74 Å². The lowest BCUT2D eigenvalue weighted by Gasteiger charge is -2.10. The van der Waals surface area contributed by atoms with E-state index in [4.69, 9.17) is 39.5 Å². The van der Waals surface area contributed by atoms with Crippen molar-refractivity contribution in [1.29, 1.82) is 0 Å². The minimum absolute atomic E-state index is 0.225. The monoisotopic (exact) mass is 303 g/mol. The maximum absolute atomic E-state index is 5.91. The first-order valence-corrected chi connectivity index (χ1v) is 6.01. The first-order chi connectivity index (χ1) is 8.60. The topological polar surface area (TPSA) is 47.0 Å². The van der Waals surface area contributed by atoms with Crippen molar-refractivity contribution in [3.63, 3.8) is 0 Å². The van der Waals surface area contributed by atoms with Crippen LogP contribution in [0.15, 0.2) is 24.5 Å². The fourth-order valence-electron chi connectivity index (χ4n) is 1.38. The molecule has 2 rings (SSSR count). The molecule has 0 unspecified atom stereocenters. The number of nitrogens with one attached hydrogen (secondary N) is 1. The molecule has 0 aliphatic heterocycles. The van der Waals surface area contributed by atoms with E-state index < -0.39 is 0 Å². The summed E-state index contributed by atoms with van der Waals surface area (Å²) in [4.78, 5) is 7.87. The largest absolute Gasteiger partial charge is 0.490 e. The first-order valence-electron chi connectivity index (χ1n) is 4.87. The summed E-state index contributed by atoms with van der Waals surface area (Å²) in [6, 6.07) is 5.06. The van der Waals surface area contributed by atoms with Crippen molar-refractivity contribution in [2.24, 2.45) is 0 Å². The molecule has 0 saturated carbocycles. The van der Waals surface area contributed by atoms with E-state index in [2.05, 4.69) is 15.3 Å². The SMILES string of the molecule is COc1c(Cl)ncnc1Nc1cc(Cl)cc(Cl)c1. The lowest BCUT2D eigenvalue weighted by molar-refractivity contribution is 0.413. The van der Waals surface area contributed by atoms with Gasteiger partial charge in [-0.05, 0) is 18.2 Å². The van der Waals surface area contributed by atoms with Gasteiger partial charge < -0.3 is 10.1 Å². The van der Waals surface area contributed by atoms with Crippen LogP contribution in [-0.2, 0) is 0 Å². The Hall–Kier alpha value is -1.23. The van der Waals surface area contributed by atoms with Crippen LogP contribution < -0.4 is 10.1 Å². The maximum atomic E-state index is 5.91. The van der Waals surface area contributed by atoms with E-state index in [1.165, 1.54) is 13.4 Å². The van der Waals surface area contributed by atoms with Gasteiger partial charge in [-0.1, -0.05) is 34.8 Å². The normalized spacial score (nSPS) is 10.2. The van der Waals surface area contributed by atoms with Crippen LogP contribution in [0.3, 0.4) is 0 Å². The third-order valence-corrected chi connectivity index (χ3v) is 2.80. The minimum atomic E-state index is 0.225. The van der Waals surface area contributed by atoms with Crippen LogP contribution in [0.5, 0.6) is 5.75 Å².